The zero-order valence-electron chi connectivity index (χ0n) is 13.5. The molecule has 0 aliphatic heterocycles. The van der Waals surface area contributed by atoms with E-state index in [0.717, 1.165) is 9.86 Å². The van der Waals surface area contributed by atoms with Crippen LogP contribution < -0.4 is 5.32 Å². The Balaban J connectivity index is 1.88. The van der Waals surface area contributed by atoms with Crippen LogP contribution in [-0.4, -0.2) is 30.8 Å². The van der Waals surface area contributed by atoms with E-state index in [1.54, 1.807) is 38.4 Å². The van der Waals surface area contributed by atoms with Crippen molar-refractivity contribution < 1.29 is 14.0 Å². The van der Waals surface area contributed by atoms with Crippen molar-refractivity contribution in [3.05, 3.63) is 63.3 Å². The lowest BCUT2D eigenvalue weighted by Gasteiger charge is -2.13. The second-order valence-corrected chi connectivity index (χ2v) is 6.88. The summed E-state index contributed by atoms with van der Waals surface area (Å²) in [6.45, 7) is 0. The van der Waals surface area contributed by atoms with Gasteiger partial charge in [-0.05, 0) is 46.3 Å². The maximum absolute atomic E-state index is 12.4. The fraction of sp³-hybridized carbons (Fsp3) is 0.111. The SMILES string of the molecule is CN(C)C(=O)c1cc(NC(=O)c2cc3cccc(Br)c3o2)ccc1Cl. The lowest BCUT2D eigenvalue weighted by atomic mass is 10.1. The Morgan fingerprint density at radius 3 is 2.60 bits per heavy atom. The first-order valence-corrected chi connectivity index (χ1v) is 8.54. The summed E-state index contributed by atoms with van der Waals surface area (Å²) < 4.78 is 6.38. The van der Waals surface area contributed by atoms with Crippen molar-refractivity contribution in [3.63, 3.8) is 0 Å². The van der Waals surface area contributed by atoms with E-state index in [9.17, 15) is 9.59 Å². The van der Waals surface area contributed by atoms with Crippen LogP contribution in [0.3, 0.4) is 0 Å². The number of halogens is 2. The molecule has 0 atom stereocenters. The van der Waals surface area contributed by atoms with Gasteiger partial charge in [0.05, 0.1) is 15.1 Å². The van der Waals surface area contributed by atoms with Gasteiger partial charge in [-0.1, -0.05) is 23.7 Å². The number of carbonyl (C=O) groups is 2. The van der Waals surface area contributed by atoms with Gasteiger partial charge in [0.15, 0.2) is 5.76 Å². The molecular weight excluding hydrogens is 408 g/mol. The third-order valence-corrected chi connectivity index (χ3v) is 4.53. The largest absolute Gasteiger partial charge is 0.450 e. The van der Waals surface area contributed by atoms with Gasteiger partial charge in [0, 0.05) is 25.2 Å². The molecule has 0 spiro atoms. The minimum atomic E-state index is -0.409. The molecule has 0 saturated carbocycles. The maximum Gasteiger partial charge on any atom is 0.291 e. The third kappa shape index (κ3) is 3.55. The molecule has 0 aliphatic carbocycles. The molecule has 1 aromatic heterocycles. The molecule has 3 rings (SSSR count). The molecule has 5 nitrogen and oxygen atoms in total. The monoisotopic (exact) mass is 420 g/mol. The molecular formula is C18H14BrClN2O3. The van der Waals surface area contributed by atoms with Crippen LogP contribution in [-0.2, 0) is 0 Å². The summed E-state index contributed by atoms with van der Waals surface area (Å²) in [5, 5.41) is 3.86. The summed E-state index contributed by atoms with van der Waals surface area (Å²) in [4.78, 5) is 26.0. The van der Waals surface area contributed by atoms with Crippen LogP contribution in [0.4, 0.5) is 5.69 Å². The van der Waals surface area contributed by atoms with E-state index in [1.807, 2.05) is 18.2 Å². The number of furan rings is 1. The summed E-state index contributed by atoms with van der Waals surface area (Å²) in [6, 6.07) is 12.0. The summed E-state index contributed by atoms with van der Waals surface area (Å²) in [7, 11) is 3.27. The van der Waals surface area contributed by atoms with Gasteiger partial charge in [-0.15, -0.1) is 0 Å². The van der Waals surface area contributed by atoms with Gasteiger partial charge in [0.25, 0.3) is 11.8 Å². The van der Waals surface area contributed by atoms with Crippen LogP contribution in [0.25, 0.3) is 11.0 Å². The molecule has 7 heteroatoms. The number of para-hydroxylation sites is 1. The van der Waals surface area contributed by atoms with Gasteiger partial charge in [-0.3, -0.25) is 9.59 Å². The fourth-order valence-corrected chi connectivity index (χ4v) is 3.00. The summed E-state index contributed by atoms with van der Waals surface area (Å²) in [5.41, 5.74) is 1.38. The standard InChI is InChI=1S/C18H14BrClN2O3/c1-22(2)18(24)12-9-11(6-7-14(12)20)21-17(23)15-8-10-4-3-5-13(19)16(10)25-15/h3-9H,1-2H3,(H,21,23). The molecule has 0 fully saturated rings. The number of fused-ring (bicyclic) bond motifs is 1. The number of hydrogen-bond donors (Lipinski definition) is 1. The first-order valence-electron chi connectivity index (χ1n) is 7.37. The van der Waals surface area contributed by atoms with Crippen LogP contribution in [0.5, 0.6) is 0 Å². The zero-order valence-corrected chi connectivity index (χ0v) is 15.8. The van der Waals surface area contributed by atoms with Gasteiger partial charge >= 0.3 is 0 Å². The predicted molar refractivity (Wildman–Crippen MR) is 101 cm³/mol. The van der Waals surface area contributed by atoms with E-state index >= 15 is 0 Å². The van der Waals surface area contributed by atoms with Crippen molar-refractivity contribution in [1.82, 2.24) is 4.90 Å². The molecule has 0 saturated heterocycles. The average molecular weight is 422 g/mol. The third-order valence-electron chi connectivity index (χ3n) is 3.58. The molecule has 2 aromatic carbocycles. The van der Waals surface area contributed by atoms with Crippen molar-refractivity contribution in [3.8, 4) is 0 Å². The molecule has 25 heavy (non-hydrogen) atoms. The Bertz CT molecular complexity index is 982. The van der Waals surface area contributed by atoms with Gasteiger partial charge in [-0.2, -0.15) is 0 Å². The van der Waals surface area contributed by atoms with Crippen LogP contribution in [0, 0.1) is 0 Å². The number of amides is 2. The molecule has 1 heterocycles. The predicted octanol–water partition coefficient (Wildman–Crippen LogP) is 4.80. The number of hydrogen-bond acceptors (Lipinski definition) is 3. The molecule has 0 aliphatic rings. The topological polar surface area (TPSA) is 62.6 Å². The number of benzene rings is 2. The Labute approximate surface area is 157 Å². The van der Waals surface area contributed by atoms with E-state index in [4.69, 9.17) is 16.0 Å². The molecule has 0 unspecified atom stereocenters. The van der Waals surface area contributed by atoms with Crippen LogP contribution >= 0.6 is 27.5 Å². The summed E-state index contributed by atoms with van der Waals surface area (Å²) >= 11 is 9.47. The first kappa shape index (κ1) is 17.5. The molecule has 3 aromatic rings. The van der Waals surface area contributed by atoms with Crippen molar-refractivity contribution in [2.75, 3.05) is 19.4 Å². The van der Waals surface area contributed by atoms with Crippen LogP contribution in [0.2, 0.25) is 5.02 Å². The highest BCUT2D eigenvalue weighted by Gasteiger charge is 2.17. The smallest absolute Gasteiger partial charge is 0.291 e. The van der Waals surface area contributed by atoms with Gasteiger partial charge in [0.2, 0.25) is 0 Å². The number of nitrogens with zero attached hydrogens (tertiary/aromatic N) is 1. The van der Waals surface area contributed by atoms with E-state index in [2.05, 4.69) is 21.2 Å². The minimum Gasteiger partial charge on any atom is -0.450 e. The highest BCUT2D eigenvalue weighted by atomic mass is 79.9. The highest BCUT2D eigenvalue weighted by Crippen LogP contribution is 2.28. The van der Waals surface area contributed by atoms with Crippen molar-refractivity contribution in [2.45, 2.75) is 0 Å². The normalized spacial score (nSPS) is 10.7. The second kappa shape index (κ2) is 6.90. The van der Waals surface area contributed by atoms with Crippen molar-refractivity contribution in [2.24, 2.45) is 0 Å². The quantitative estimate of drug-likeness (QED) is 0.660. The van der Waals surface area contributed by atoms with Gasteiger partial charge in [0.1, 0.15) is 5.58 Å². The lowest BCUT2D eigenvalue weighted by molar-refractivity contribution is 0.0827. The van der Waals surface area contributed by atoms with Crippen LogP contribution in [0.15, 0.2) is 51.4 Å². The van der Waals surface area contributed by atoms with Crippen molar-refractivity contribution in [1.29, 1.82) is 0 Å². The summed E-state index contributed by atoms with van der Waals surface area (Å²) in [6.07, 6.45) is 0. The Hall–Kier alpha value is -2.31. The Kier molecular flexibility index (Phi) is 4.83. The molecule has 1 N–H and O–H groups in total. The number of anilines is 1. The number of nitrogens with one attached hydrogen (secondary N) is 1. The van der Waals surface area contributed by atoms with Crippen LogP contribution in [0.1, 0.15) is 20.9 Å². The maximum atomic E-state index is 12.4. The second-order valence-electron chi connectivity index (χ2n) is 5.62. The van der Waals surface area contributed by atoms with Crippen molar-refractivity contribution >= 4 is 56.0 Å². The zero-order chi connectivity index (χ0) is 18.1. The highest BCUT2D eigenvalue weighted by molar-refractivity contribution is 9.10. The summed E-state index contributed by atoms with van der Waals surface area (Å²) in [5.74, 6) is -0.472. The Morgan fingerprint density at radius 2 is 1.92 bits per heavy atom. The van der Waals surface area contributed by atoms with Gasteiger partial charge in [-0.25, -0.2) is 0 Å². The molecule has 0 bridgehead atoms. The minimum absolute atomic E-state index is 0.178. The molecule has 2 amide bonds. The number of carbonyl (C=O) groups excluding carboxylic acids is 2. The Morgan fingerprint density at radius 1 is 1.16 bits per heavy atom. The van der Waals surface area contributed by atoms with E-state index < -0.39 is 5.91 Å². The van der Waals surface area contributed by atoms with E-state index in [0.29, 0.717) is 21.9 Å². The van der Waals surface area contributed by atoms with Gasteiger partial charge < -0.3 is 14.6 Å². The average Bonchev–Trinajstić information content (AvgIpc) is 3.01. The molecule has 128 valence electrons. The molecule has 0 radical (unpaired) electrons. The fourth-order valence-electron chi connectivity index (χ4n) is 2.34. The first-order chi connectivity index (χ1) is 11.9. The van der Waals surface area contributed by atoms with E-state index in [-0.39, 0.29) is 11.7 Å². The van der Waals surface area contributed by atoms with E-state index in [1.165, 1.54) is 4.90 Å². The number of rotatable bonds is 3. The lowest BCUT2D eigenvalue weighted by Crippen LogP contribution is -2.22.